The van der Waals surface area contributed by atoms with E-state index in [2.05, 4.69) is 15.9 Å². The van der Waals surface area contributed by atoms with E-state index in [0.29, 0.717) is 11.3 Å². The molecular weight excluding hydrogens is 335 g/mol. The summed E-state index contributed by atoms with van der Waals surface area (Å²) in [6.45, 7) is 1.94. The lowest BCUT2D eigenvalue weighted by Crippen LogP contribution is -2.08. The van der Waals surface area contributed by atoms with Crippen molar-refractivity contribution in [1.82, 2.24) is 0 Å². The minimum Gasteiger partial charge on any atom is -0.488 e. The first-order chi connectivity index (χ1) is 10.0. The second kappa shape index (κ2) is 6.70. The average Bonchev–Trinajstić information content (AvgIpc) is 2.45. The molecule has 0 bridgehead atoms. The summed E-state index contributed by atoms with van der Waals surface area (Å²) in [5, 5.41) is 8.72. The Balaban J connectivity index is 2.20. The topological polar surface area (TPSA) is 59.0 Å². The van der Waals surface area contributed by atoms with Gasteiger partial charge in [-0.1, -0.05) is 28.1 Å². The number of nitrogens with two attached hydrogens (primary N) is 1. The van der Waals surface area contributed by atoms with Crippen molar-refractivity contribution in [2.45, 2.75) is 19.6 Å². The number of halogens is 2. The van der Waals surface area contributed by atoms with Crippen molar-refractivity contribution in [3.63, 3.8) is 0 Å². The quantitative estimate of drug-likeness (QED) is 0.906. The van der Waals surface area contributed by atoms with Gasteiger partial charge in [-0.05, 0) is 31.2 Å². The van der Waals surface area contributed by atoms with Gasteiger partial charge in [-0.2, -0.15) is 5.26 Å². The van der Waals surface area contributed by atoms with Crippen LogP contribution in [0.4, 0.5) is 4.39 Å². The monoisotopic (exact) mass is 348 g/mol. The molecule has 2 N–H and O–H groups in total. The fourth-order valence-corrected chi connectivity index (χ4v) is 2.24. The van der Waals surface area contributed by atoms with Gasteiger partial charge in [0.2, 0.25) is 0 Å². The first kappa shape index (κ1) is 15.5. The van der Waals surface area contributed by atoms with E-state index in [4.69, 9.17) is 15.7 Å². The standard InChI is InChI=1S/C16H14BrFN2O/c1-10(20)14-5-4-13(17)7-16(14)21-9-12-3-2-11(8-19)6-15(12)18/h2-7,10H,9,20H2,1H3. The smallest absolute Gasteiger partial charge is 0.131 e. The van der Waals surface area contributed by atoms with Crippen LogP contribution in [-0.2, 0) is 6.61 Å². The number of ether oxygens (including phenoxy) is 1. The maximum atomic E-state index is 13.8. The molecule has 0 radical (unpaired) electrons. The van der Waals surface area contributed by atoms with Crippen molar-refractivity contribution in [3.8, 4) is 11.8 Å². The van der Waals surface area contributed by atoms with E-state index in [1.807, 2.05) is 25.1 Å². The highest BCUT2D eigenvalue weighted by Gasteiger charge is 2.10. The third-order valence-corrected chi connectivity index (χ3v) is 3.52. The van der Waals surface area contributed by atoms with Crippen molar-refractivity contribution in [2.75, 3.05) is 0 Å². The molecule has 0 aliphatic rings. The third kappa shape index (κ3) is 3.81. The van der Waals surface area contributed by atoms with Crippen LogP contribution in [-0.4, -0.2) is 0 Å². The molecule has 0 heterocycles. The Kier molecular flexibility index (Phi) is 4.94. The molecule has 2 aromatic carbocycles. The van der Waals surface area contributed by atoms with Crippen LogP contribution in [0.25, 0.3) is 0 Å². The normalized spacial score (nSPS) is 11.8. The van der Waals surface area contributed by atoms with Crippen LogP contribution in [0, 0.1) is 17.1 Å². The van der Waals surface area contributed by atoms with Crippen molar-refractivity contribution < 1.29 is 9.13 Å². The summed E-state index contributed by atoms with van der Waals surface area (Å²) in [4.78, 5) is 0. The second-order valence-electron chi connectivity index (χ2n) is 4.68. The number of rotatable bonds is 4. The van der Waals surface area contributed by atoms with Crippen LogP contribution in [0.3, 0.4) is 0 Å². The molecule has 21 heavy (non-hydrogen) atoms. The summed E-state index contributed by atoms with van der Waals surface area (Å²) < 4.78 is 20.4. The Morgan fingerprint density at radius 3 is 2.71 bits per heavy atom. The summed E-state index contributed by atoms with van der Waals surface area (Å²) >= 11 is 3.37. The molecule has 1 atom stereocenters. The van der Waals surface area contributed by atoms with Crippen molar-refractivity contribution in [2.24, 2.45) is 5.73 Å². The Morgan fingerprint density at radius 1 is 1.33 bits per heavy atom. The van der Waals surface area contributed by atoms with Crippen LogP contribution in [0.15, 0.2) is 40.9 Å². The molecule has 0 spiro atoms. The first-order valence-corrected chi connectivity index (χ1v) is 7.17. The molecule has 0 amide bonds. The van der Waals surface area contributed by atoms with E-state index in [9.17, 15) is 4.39 Å². The molecule has 0 saturated carbocycles. The minimum atomic E-state index is -0.452. The van der Waals surface area contributed by atoms with Crippen molar-refractivity contribution >= 4 is 15.9 Å². The maximum absolute atomic E-state index is 13.8. The van der Waals surface area contributed by atoms with E-state index in [-0.39, 0.29) is 18.2 Å². The SMILES string of the molecule is CC(N)c1ccc(Br)cc1OCc1ccc(C#N)cc1F. The molecule has 108 valence electrons. The van der Waals surface area contributed by atoms with Gasteiger partial charge < -0.3 is 10.5 Å². The van der Waals surface area contributed by atoms with Gasteiger partial charge >= 0.3 is 0 Å². The Bertz CT molecular complexity index is 695. The molecule has 0 aromatic heterocycles. The largest absolute Gasteiger partial charge is 0.488 e. The lowest BCUT2D eigenvalue weighted by atomic mass is 10.1. The van der Waals surface area contributed by atoms with Crippen LogP contribution < -0.4 is 10.5 Å². The Morgan fingerprint density at radius 2 is 2.10 bits per heavy atom. The summed E-state index contributed by atoms with van der Waals surface area (Å²) in [5.74, 6) is 0.162. The molecule has 2 rings (SSSR count). The molecule has 2 aromatic rings. The maximum Gasteiger partial charge on any atom is 0.131 e. The van der Waals surface area contributed by atoms with Crippen LogP contribution in [0.5, 0.6) is 5.75 Å². The molecular formula is C16H14BrFN2O. The zero-order chi connectivity index (χ0) is 15.4. The van der Waals surface area contributed by atoms with Gasteiger partial charge in [0, 0.05) is 21.6 Å². The van der Waals surface area contributed by atoms with Gasteiger partial charge in [0.05, 0.1) is 11.6 Å². The van der Waals surface area contributed by atoms with E-state index in [1.54, 1.807) is 18.2 Å². The predicted molar refractivity (Wildman–Crippen MR) is 82.2 cm³/mol. The van der Waals surface area contributed by atoms with Crippen molar-refractivity contribution in [1.29, 1.82) is 5.26 Å². The molecule has 0 aliphatic heterocycles. The third-order valence-electron chi connectivity index (χ3n) is 3.03. The van der Waals surface area contributed by atoms with Gasteiger partial charge in [0.1, 0.15) is 18.2 Å². The number of hydrogen-bond acceptors (Lipinski definition) is 3. The van der Waals surface area contributed by atoms with Gasteiger partial charge in [-0.3, -0.25) is 0 Å². The van der Waals surface area contributed by atoms with E-state index in [0.717, 1.165) is 10.0 Å². The van der Waals surface area contributed by atoms with E-state index in [1.165, 1.54) is 6.07 Å². The highest BCUT2D eigenvalue weighted by molar-refractivity contribution is 9.10. The lowest BCUT2D eigenvalue weighted by molar-refractivity contribution is 0.295. The fourth-order valence-electron chi connectivity index (χ4n) is 1.90. The van der Waals surface area contributed by atoms with Gasteiger partial charge in [0.25, 0.3) is 0 Å². The Hall–Kier alpha value is -1.90. The Labute approximate surface area is 131 Å². The average molecular weight is 349 g/mol. The minimum absolute atomic E-state index is 0.0771. The number of benzene rings is 2. The highest BCUT2D eigenvalue weighted by Crippen LogP contribution is 2.28. The number of nitrogens with zero attached hydrogens (tertiary/aromatic N) is 1. The van der Waals surface area contributed by atoms with Crippen LogP contribution in [0.2, 0.25) is 0 Å². The molecule has 3 nitrogen and oxygen atoms in total. The summed E-state index contributed by atoms with van der Waals surface area (Å²) in [5.41, 5.74) is 7.43. The fraction of sp³-hybridized carbons (Fsp3) is 0.188. The van der Waals surface area contributed by atoms with Gasteiger partial charge in [0.15, 0.2) is 0 Å². The summed E-state index contributed by atoms with van der Waals surface area (Å²) in [6.07, 6.45) is 0. The van der Waals surface area contributed by atoms with Crippen molar-refractivity contribution in [3.05, 3.63) is 63.4 Å². The summed E-state index contributed by atoms with van der Waals surface area (Å²) in [6, 6.07) is 11.6. The van der Waals surface area contributed by atoms with E-state index < -0.39 is 5.82 Å². The highest BCUT2D eigenvalue weighted by atomic mass is 79.9. The molecule has 1 unspecified atom stereocenters. The number of hydrogen-bond donors (Lipinski definition) is 1. The van der Waals surface area contributed by atoms with Crippen LogP contribution in [0.1, 0.15) is 29.7 Å². The van der Waals surface area contributed by atoms with E-state index >= 15 is 0 Å². The predicted octanol–water partition coefficient (Wildman–Crippen LogP) is 4.06. The molecule has 5 heteroatoms. The van der Waals surface area contributed by atoms with Gasteiger partial charge in [-0.25, -0.2) is 4.39 Å². The zero-order valence-electron chi connectivity index (χ0n) is 11.4. The van der Waals surface area contributed by atoms with Crippen LogP contribution >= 0.6 is 15.9 Å². The first-order valence-electron chi connectivity index (χ1n) is 6.37. The van der Waals surface area contributed by atoms with Gasteiger partial charge in [-0.15, -0.1) is 0 Å². The summed E-state index contributed by atoms with van der Waals surface area (Å²) in [7, 11) is 0. The molecule has 0 aliphatic carbocycles. The second-order valence-corrected chi connectivity index (χ2v) is 5.59. The zero-order valence-corrected chi connectivity index (χ0v) is 13.0. The molecule has 0 saturated heterocycles. The number of nitriles is 1. The molecule has 0 fully saturated rings. The lowest BCUT2D eigenvalue weighted by Gasteiger charge is -2.15.